The van der Waals surface area contributed by atoms with Crippen LogP contribution in [-0.4, -0.2) is 37.2 Å². The minimum Gasteiger partial charge on any atom is -0.449 e. The van der Waals surface area contributed by atoms with Gasteiger partial charge in [0.25, 0.3) is 5.91 Å². The Hall–Kier alpha value is -3.20. The predicted octanol–water partition coefficient (Wildman–Crippen LogP) is 4.27. The summed E-state index contributed by atoms with van der Waals surface area (Å²) in [7, 11) is -3.88. The number of benzene rings is 3. The van der Waals surface area contributed by atoms with E-state index in [0.29, 0.717) is 18.7 Å². The molecule has 0 aliphatic carbocycles. The van der Waals surface area contributed by atoms with E-state index in [9.17, 15) is 18.0 Å². The number of rotatable bonds is 6. The van der Waals surface area contributed by atoms with Gasteiger partial charge in [-0.1, -0.05) is 54.1 Å². The number of fused-ring (bicyclic) bond motifs is 1. The molecular formula is C25H23ClN2O5S. The van der Waals surface area contributed by atoms with E-state index in [4.69, 9.17) is 16.3 Å². The Bertz CT molecular complexity index is 1330. The van der Waals surface area contributed by atoms with Gasteiger partial charge in [-0.25, -0.2) is 13.2 Å². The summed E-state index contributed by atoms with van der Waals surface area (Å²) in [6.07, 6.45) is -0.519. The zero-order valence-corrected chi connectivity index (χ0v) is 20.0. The minimum absolute atomic E-state index is 0.0311. The summed E-state index contributed by atoms with van der Waals surface area (Å²) in [4.78, 5) is 25.1. The monoisotopic (exact) mass is 498 g/mol. The van der Waals surface area contributed by atoms with E-state index < -0.39 is 28.0 Å². The Morgan fingerprint density at radius 2 is 1.68 bits per heavy atom. The highest BCUT2D eigenvalue weighted by atomic mass is 35.5. The minimum atomic E-state index is -3.88. The lowest BCUT2D eigenvalue weighted by molar-refractivity contribution is -0.123. The van der Waals surface area contributed by atoms with Crippen LogP contribution < -0.4 is 5.32 Å². The fourth-order valence-electron chi connectivity index (χ4n) is 3.69. The fourth-order valence-corrected chi connectivity index (χ4v) is 5.33. The molecule has 4 rings (SSSR count). The third-order valence-electron chi connectivity index (χ3n) is 5.59. The maximum Gasteiger partial charge on any atom is 0.340 e. The van der Waals surface area contributed by atoms with E-state index in [2.05, 4.69) is 5.32 Å². The first-order valence-corrected chi connectivity index (χ1v) is 12.5. The molecule has 1 amide bonds. The first-order valence-electron chi connectivity index (χ1n) is 10.7. The van der Waals surface area contributed by atoms with E-state index in [1.807, 2.05) is 30.3 Å². The van der Waals surface area contributed by atoms with Crippen LogP contribution in [0, 0.1) is 0 Å². The van der Waals surface area contributed by atoms with E-state index >= 15 is 0 Å². The van der Waals surface area contributed by atoms with Gasteiger partial charge in [-0.15, -0.1) is 0 Å². The van der Waals surface area contributed by atoms with Crippen molar-refractivity contribution in [2.45, 2.75) is 30.9 Å². The molecule has 176 valence electrons. The Balaban J connectivity index is 1.50. The number of halogens is 1. The smallest absolute Gasteiger partial charge is 0.340 e. The molecule has 0 fully saturated rings. The molecule has 9 heteroatoms. The van der Waals surface area contributed by atoms with Crippen LogP contribution in [0.3, 0.4) is 0 Å². The Labute approximate surface area is 203 Å². The maximum atomic E-state index is 13.3. The highest BCUT2D eigenvalue weighted by molar-refractivity contribution is 7.89. The first-order chi connectivity index (χ1) is 16.3. The van der Waals surface area contributed by atoms with Crippen molar-refractivity contribution < 1.29 is 22.7 Å². The van der Waals surface area contributed by atoms with Gasteiger partial charge in [-0.3, -0.25) is 4.79 Å². The summed E-state index contributed by atoms with van der Waals surface area (Å²) >= 11 is 6.18. The van der Waals surface area contributed by atoms with Gasteiger partial charge in [0.15, 0.2) is 6.10 Å². The van der Waals surface area contributed by atoms with E-state index in [1.165, 1.54) is 29.4 Å². The van der Waals surface area contributed by atoms with Crippen LogP contribution in [0.25, 0.3) is 0 Å². The fraction of sp³-hybridized carbons (Fsp3) is 0.200. The molecule has 34 heavy (non-hydrogen) atoms. The van der Waals surface area contributed by atoms with Gasteiger partial charge in [0.1, 0.15) is 0 Å². The van der Waals surface area contributed by atoms with Crippen LogP contribution in [0.1, 0.15) is 28.4 Å². The van der Waals surface area contributed by atoms with Crippen LogP contribution in [0.5, 0.6) is 0 Å². The van der Waals surface area contributed by atoms with Gasteiger partial charge < -0.3 is 10.1 Å². The number of nitrogens with zero attached hydrogens (tertiary/aromatic N) is 1. The van der Waals surface area contributed by atoms with Crippen LogP contribution in [0.4, 0.5) is 5.69 Å². The molecule has 1 aliphatic heterocycles. The molecule has 3 aromatic rings. The van der Waals surface area contributed by atoms with Crippen LogP contribution in [0.15, 0.2) is 77.7 Å². The molecule has 1 atom stereocenters. The number of para-hydroxylation sites is 1. The highest BCUT2D eigenvalue weighted by Gasteiger charge is 2.30. The molecule has 0 aromatic heterocycles. The molecular weight excluding hydrogens is 476 g/mol. The van der Waals surface area contributed by atoms with Crippen molar-refractivity contribution in [1.82, 2.24) is 4.31 Å². The van der Waals surface area contributed by atoms with Crippen molar-refractivity contribution in [2.75, 3.05) is 11.9 Å². The second kappa shape index (κ2) is 9.97. The average Bonchev–Trinajstić information content (AvgIpc) is 2.84. The number of anilines is 1. The molecule has 0 saturated carbocycles. The topological polar surface area (TPSA) is 92.8 Å². The van der Waals surface area contributed by atoms with Crippen LogP contribution in [-0.2, 0) is 32.5 Å². The number of esters is 1. The summed E-state index contributed by atoms with van der Waals surface area (Å²) in [5.74, 6) is -1.41. The van der Waals surface area contributed by atoms with E-state index in [0.717, 1.165) is 11.1 Å². The van der Waals surface area contributed by atoms with E-state index in [-0.39, 0.29) is 22.0 Å². The number of nitrogens with one attached hydrogen (secondary N) is 1. The number of ether oxygens (including phenoxy) is 1. The van der Waals surface area contributed by atoms with Crippen molar-refractivity contribution in [2.24, 2.45) is 0 Å². The van der Waals surface area contributed by atoms with Gasteiger partial charge in [-0.05, 0) is 54.8 Å². The van der Waals surface area contributed by atoms with Gasteiger partial charge in [-0.2, -0.15) is 4.31 Å². The van der Waals surface area contributed by atoms with Crippen molar-refractivity contribution in [1.29, 1.82) is 0 Å². The zero-order chi connectivity index (χ0) is 24.3. The zero-order valence-electron chi connectivity index (χ0n) is 18.4. The molecule has 0 spiro atoms. The lowest BCUT2D eigenvalue weighted by Gasteiger charge is -2.28. The summed E-state index contributed by atoms with van der Waals surface area (Å²) in [6.45, 7) is 2.01. The van der Waals surface area contributed by atoms with Crippen molar-refractivity contribution in [3.05, 3.63) is 94.5 Å². The van der Waals surface area contributed by atoms with Crippen LogP contribution >= 0.6 is 11.6 Å². The largest absolute Gasteiger partial charge is 0.449 e. The SMILES string of the molecule is CC(OC(=O)c1cc(S(=O)(=O)N2CCc3ccccc3C2)ccc1Cl)C(=O)Nc1ccccc1. The number of hydrogen-bond donors (Lipinski definition) is 1. The molecule has 1 N–H and O–H groups in total. The van der Waals surface area contributed by atoms with Gasteiger partial charge in [0.05, 0.1) is 15.5 Å². The Morgan fingerprint density at radius 3 is 2.41 bits per heavy atom. The molecule has 3 aromatic carbocycles. The second-order valence-electron chi connectivity index (χ2n) is 7.90. The lowest BCUT2D eigenvalue weighted by Crippen LogP contribution is -2.36. The molecule has 1 heterocycles. The quantitative estimate of drug-likeness (QED) is 0.512. The highest BCUT2D eigenvalue weighted by Crippen LogP contribution is 2.28. The third-order valence-corrected chi connectivity index (χ3v) is 7.76. The van der Waals surface area contributed by atoms with Crippen molar-refractivity contribution >= 4 is 39.2 Å². The second-order valence-corrected chi connectivity index (χ2v) is 10.2. The number of carbonyl (C=O) groups is 2. The first kappa shape index (κ1) is 23.9. The number of carbonyl (C=O) groups excluding carboxylic acids is 2. The third kappa shape index (κ3) is 5.14. The molecule has 1 unspecified atom stereocenters. The predicted molar refractivity (Wildman–Crippen MR) is 129 cm³/mol. The normalized spacial score (nSPS) is 14.6. The van der Waals surface area contributed by atoms with Crippen molar-refractivity contribution in [3.8, 4) is 0 Å². The Kier molecular flexibility index (Phi) is 7.02. The summed E-state index contributed by atoms with van der Waals surface area (Å²) in [5.41, 5.74) is 2.51. The van der Waals surface area contributed by atoms with Crippen LogP contribution in [0.2, 0.25) is 5.02 Å². The Morgan fingerprint density at radius 1 is 1.00 bits per heavy atom. The molecule has 7 nitrogen and oxygen atoms in total. The maximum absolute atomic E-state index is 13.3. The van der Waals surface area contributed by atoms with Gasteiger partial charge >= 0.3 is 5.97 Å². The standard InChI is InChI=1S/C25H23ClN2O5S/c1-17(24(29)27-20-9-3-2-4-10-20)33-25(30)22-15-21(11-12-23(22)26)34(31,32)28-14-13-18-7-5-6-8-19(18)16-28/h2-12,15,17H,13-14,16H2,1H3,(H,27,29). The van der Waals surface area contributed by atoms with E-state index in [1.54, 1.807) is 24.3 Å². The molecule has 0 bridgehead atoms. The summed E-state index contributed by atoms with van der Waals surface area (Å²) in [6, 6.07) is 20.4. The lowest BCUT2D eigenvalue weighted by atomic mass is 10.0. The molecule has 0 saturated heterocycles. The average molecular weight is 499 g/mol. The summed E-state index contributed by atoms with van der Waals surface area (Å²) in [5, 5.41) is 2.68. The number of amides is 1. The molecule has 1 aliphatic rings. The summed E-state index contributed by atoms with van der Waals surface area (Å²) < 4.78 is 33.2. The van der Waals surface area contributed by atoms with Crippen molar-refractivity contribution in [3.63, 3.8) is 0 Å². The number of sulfonamides is 1. The van der Waals surface area contributed by atoms with Gasteiger partial charge in [0.2, 0.25) is 10.0 Å². The number of hydrogen-bond acceptors (Lipinski definition) is 5. The van der Waals surface area contributed by atoms with Gasteiger partial charge in [0, 0.05) is 18.8 Å². The molecule has 0 radical (unpaired) electrons.